The normalized spacial score (nSPS) is 12.1. The van der Waals surface area contributed by atoms with E-state index in [1.54, 1.807) is 0 Å². The molecule has 0 saturated carbocycles. The molecule has 7 heteroatoms. The lowest BCUT2D eigenvalue weighted by molar-refractivity contribution is -0.143. The molecule has 0 fully saturated rings. The van der Waals surface area contributed by atoms with Gasteiger partial charge in [-0.1, -0.05) is 13.8 Å². The summed E-state index contributed by atoms with van der Waals surface area (Å²) >= 11 is 0. The van der Waals surface area contributed by atoms with Crippen molar-refractivity contribution in [3.63, 3.8) is 0 Å². The number of halogens is 3. The van der Waals surface area contributed by atoms with Gasteiger partial charge in [-0.2, -0.15) is 18.3 Å². The summed E-state index contributed by atoms with van der Waals surface area (Å²) in [5, 5.41) is 6.89. The molecule has 0 bridgehead atoms. The van der Waals surface area contributed by atoms with Crippen LogP contribution >= 0.6 is 0 Å². The zero-order valence-electron chi connectivity index (χ0n) is 11.9. The Morgan fingerprint density at radius 2 is 1.90 bits per heavy atom. The SMILES string of the molecule is CC(C)CNCc1cnn(-c2ccncc2)c1C(F)(F)F. The van der Waals surface area contributed by atoms with Crippen molar-refractivity contribution < 1.29 is 13.2 Å². The van der Waals surface area contributed by atoms with E-state index in [0.29, 0.717) is 18.2 Å². The summed E-state index contributed by atoms with van der Waals surface area (Å²) in [5.74, 6) is 0.370. The van der Waals surface area contributed by atoms with Gasteiger partial charge in [-0.25, -0.2) is 4.68 Å². The molecule has 21 heavy (non-hydrogen) atoms. The number of hydrogen-bond acceptors (Lipinski definition) is 3. The van der Waals surface area contributed by atoms with Crippen LogP contribution in [0.15, 0.2) is 30.7 Å². The van der Waals surface area contributed by atoms with Gasteiger partial charge < -0.3 is 5.32 Å². The lowest BCUT2D eigenvalue weighted by atomic mass is 10.2. The highest BCUT2D eigenvalue weighted by atomic mass is 19.4. The summed E-state index contributed by atoms with van der Waals surface area (Å²) in [5.41, 5.74) is -0.266. The number of nitrogens with zero attached hydrogens (tertiary/aromatic N) is 3. The van der Waals surface area contributed by atoms with Crippen LogP contribution in [0.3, 0.4) is 0 Å². The van der Waals surface area contributed by atoms with Crippen LogP contribution in [0.2, 0.25) is 0 Å². The van der Waals surface area contributed by atoms with Crippen LogP contribution in [0.5, 0.6) is 0 Å². The van der Waals surface area contributed by atoms with Gasteiger partial charge in [0.1, 0.15) is 0 Å². The molecular formula is C14H17F3N4. The van der Waals surface area contributed by atoms with Gasteiger partial charge >= 0.3 is 6.18 Å². The van der Waals surface area contributed by atoms with E-state index in [9.17, 15) is 13.2 Å². The number of nitrogens with one attached hydrogen (secondary N) is 1. The lowest BCUT2D eigenvalue weighted by Crippen LogP contribution is -2.22. The highest BCUT2D eigenvalue weighted by Crippen LogP contribution is 2.33. The van der Waals surface area contributed by atoms with Crippen LogP contribution in [0.25, 0.3) is 5.69 Å². The first-order chi connectivity index (χ1) is 9.89. The fourth-order valence-electron chi connectivity index (χ4n) is 1.99. The van der Waals surface area contributed by atoms with Crippen molar-refractivity contribution in [2.24, 2.45) is 5.92 Å². The fraction of sp³-hybridized carbons (Fsp3) is 0.429. The molecule has 0 radical (unpaired) electrons. The van der Waals surface area contributed by atoms with Gasteiger partial charge in [0.25, 0.3) is 0 Å². The van der Waals surface area contributed by atoms with E-state index in [0.717, 1.165) is 4.68 Å². The predicted octanol–water partition coefficient (Wildman–Crippen LogP) is 3.03. The van der Waals surface area contributed by atoms with Gasteiger partial charge in [-0.15, -0.1) is 0 Å². The number of alkyl halides is 3. The summed E-state index contributed by atoms with van der Waals surface area (Å²) in [6, 6.07) is 2.99. The van der Waals surface area contributed by atoms with Crippen LogP contribution in [-0.4, -0.2) is 21.3 Å². The third-order valence-corrected chi connectivity index (χ3v) is 2.89. The molecule has 114 valence electrons. The standard InChI is InChI=1S/C14H17F3N4/c1-10(2)7-19-8-11-9-20-21(13(11)14(15,16)17)12-3-5-18-6-4-12/h3-6,9-10,19H,7-8H2,1-2H3. The predicted molar refractivity (Wildman–Crippen MR) is 72.9 cm³/mol. The minimum atomic E-state index is -4.46. The molecule has 0 saturated heterocycles. The average Bonchev–Trinajstić information content (AvgIpc) is 2.83. The topological polar surface area (TPSA) is 42.7 Å². The summed E-state index contributed by atoms with van der Waals surface area (Å²) in [4.78, 5) is 3.80. The molecule has 0 amide bonds. The summed E-state index contributed by atoms with van der Waals surface area (Å²) in [6.45, 7) is 4.78. The van der Waals surface area contributed by atoms with Crippen molar-refractivity contribution in [3.8, 4) is 5.69 Å². The molecule has 0 aromatic carbocycles. The monoisotopic (exact) mass is 298 g/mol. The Bertz CT molecular complexity index is 576. The zero-order valence-corrected chi connectivity index (χ0v) is 11.9. The van der Waals surface area contributed by atoms with Crippen LogP contribution in [0, 0.1) is 5.92 Å². The summed E-state index contributed by atoms with van der Waals surface area (Å²) < 4.78 is 40.8. The maximum Gasteiger partial charge on any atom is 0.433 e. The summed E-state index contributed by atoms with van der Waals surface area (Å²) in [6.07, 6.45) is -0.326. The number of pyridine rings is 1. The van der Waals surface area contributed by atoms with Crippen molar-refractivity contribution in [1.82, 2.24) is 20.1 Å². The Morgan fingerprint density at radius 3 is 2.48 bits per heavy atom. The Balaban J connectivity index is 2.33. The third-order valence-electron chi connectivity index (χ3n) is 2.89. The first-order valence-corrected chi connectivity index (χ1v) is 6.65. The molecule has 4 nitrogen and oxygen atoms in total. The zero-order chi connectivity index (χ0) is 15.5. The highest BCUT2D eigenvalue weighted by molar-refractivity contribution is 5.34. The van der Waals surface area contributed by atoms with Gasteiger partial charge in [0.2, 0.25) is 0 Å². The molecular weight excluding hydrogens is 281 g/mol. The third kappa shape index (κ3) is 3.81. The molecule has 2 heterocycles. The first-order valence-electron chi connectivity index (χ1n) is 6.65. The second-order valence-corrected chi connectivity index (χ2v) is 5.16. The van der Waals surface area contributed by atoms with E-state index in [4.69, 9.17) is 0 Å². The van der Waals surface area contributed by atoms with E-state index >= 15 is 0 Å². The van der Waals surface area contributed by atoms with E-state index in [-0.39, 0.29) is 12.1 Å². The van der Waals surface area contributed by atoms with Gasteiger partial charge in [0, 0.05) is 24.5 Å². The number of hydrogen-bond donors (Lipinski definition) is 1. The molecule has 1 N–H and O–H groups in total. The van der Waals surface area contributed by atoms with Crippen molar-refractivity contribution in [2.45, 2.75) is 26.6 Å². The number of rotatable bonds is 5. The van der Waals surface area contributed by atoms with E-state index in [1.165, 1.54) is 30.7 Å². The molecule has 2 aromatic heterocycles. The van der Waals surface area contributed by atoms with Crippen molar-refractivity contribution in [1.29, 1.82) is 0 Å². The molecule has 0 aliphatic carbocycles. The van der Waals surface area contributed by atoms with Gasteiger partial charge in [0.15, 0.2) is 5.69 Å². The molecule has 0 spiro atoms. The maximum absolute atomic E-state index is 13.3. The second kappa shape index (κ2) is 6.26. The van der Waals surface area contributed by atoms with Gasteiger partial charge in [-0.05, 0) is 24.6 Å². The molecule has 0 aliphatic heterocycles. The Morgan fingerprint density at radius 1 is 1.24 bits per heavy atom. The smallest absolute Gasteiger partial charge is 0.312 e. The van der Waals surface area contributed by atoms with Crippen LogP contribution in [0.1, 0.15) is 25.1 Å². The van der Waals surface area contributed by atoms with Crippen LogP contribution in [-0.2, 0) is 12.7 Å². The molecule has 2 rings (SSSR count). The van der Waals surface area contributed by atoms with Crippen molar-refractivity contribution in [3.05, 3.63) is 42.0 Å². The Labute approximate surface area is 121 Å². The van der Waals surface area contributed by atoms with Crippen LogP contribution in [0.4, 0.5) is 13.2 Å². The van der Waals surface area contributed by atoms with Crippen molar-refractivity contribution in [2.75, 3.05) is 6.54 Å². The first kappa shape index (κ1) is 15.5. The molecule has 0 atom stereocenters. The molecule has 0 aliphatic rings. The number of aromatic nitrogens is 3. The van der Waals surface area contributed by atoms with Gasteiger partial charge in [-0.3, -0.25) is 4.98 Å². The fourth-order valence-corrected chi connectivity index (χ4v) is 1.99. The van der Waals surface area contributed by atoms with Crippen LogP contribution < -0.4 is 5.32 Å². The molecule has 2 aromatic rings. The lowest BCUT2D eigenvalue weighted by Gasteiger charge is -2.13. The minimum absolute atomic E-state index is 0.137. The Kier molecular flexibility index (Phi) is 4.62. The molecule has 0 unspecified atom stereocenters. The summed E-state index contributed by atoms with van der Waals surface area (Å²) in [7, 11) is 0. The maximum atomic E-state index is 13.3. The quantitative estimate of drug-likeness (QED) is 0.922. The largest absolute Gasteiger partial charge is 0.433 e. The van der Waals surface area contributed by atoms with Gasteiger partial charge in [0.05, 0.1) is 11.9 Å². The minimum Gasteiger partial charge on any atom is -0.312 e. The highest BCUT2D eigenvalue weighted by Gasteiger charge is 2.38. The van der Waals surface area contributed by atoms with E-state index in [2.05, 4.69) is 15.4 Å². The average molecular weight is 298 g/mol. The Hall–Kier alpha value is -1.89. The second-order valence-electron chi connectivity index (χ2n) is 5.16. The van der Waals surface area contributed by atoms with E-state index < -0.39 is 11.9 Å². The van der Waals surface area contributed by atoms with E-state index in [1.807, 2.05) is 13.8 Å². The van der Waals surface area contributed by atoms with Crippen molar-refractivity contribution >= 4 is 0 Å².